The molecule has 0 aliphatic heterocycles. The summed E-state index contributed by atoms with van der Waals surface area (Å²) >= 11 is 0. The average molecular weight is 695 g/mol. The van der Waals surface area contributed by atoms with Crippen LogP contribution in [0.15, 0.2) is 0 Å². The minimum absolute atomic E-state index is 0. The number of hydrogen-bond donors (Lipinski definition) is 0. The van der Waals surface area contributed by atoms with E-state index in [0.29, 0.717) is 0 Å². The van der Waals surface area contributed by atoms with Crippen LogP contribution in [0, 0.1) is 0 Å². The van der Waals surface area contributed by atoms with Crippen molar-refractivity contribution >= 4 is 153 Å². The zero-order valence-corrected chi connectivity index (χ0v) is 24.1. The van der Waals surface area contributed by atoms with Gasteiger partial charge in [-0.25, -0.2) is 0 Å². The topological polar surface area (TPSA) is 0 Å². The number of rotatable bonds is 0. The van der Waals surface area contributed by atoms with Gasteiger partial charge in [-0.3, -0.25) is 0 Å². The van der Waals surface area contributed by atoms with Crippen molar-refractivity contribution in [3.05, 3.63) is 0 Å². The Morgan fingerprint density at radius 3 is 0.333 bits per heavy atom. The Hall–Kier alpha value is 5.15. The predicted octanol–water partition coefficient (Wildman–Crippen LogP) is -2.82. The van der Waals surface area contributed by atoms with Crippen LogP contribution in [-0.2, 0) is 0 Å². The van der Waals surface area contributed by atoms with Crippen molar-refractivity contribution in [3.63, 3.8) is 0 Å². The summed E-state index contributed by atoms with van der Waals surface area (Å²) in [5, 5.41) is 0. The molecule has 0 bridgehead atoms. The summed E-state index contributed by atoms with van der Waals surface area (Å²) in [6.07, 6.45) is 0. The standard InChI is InChI=1S/5In.Sn.2H. The summed E-state index contributed by atoms with van der Waals surface area (Å²) in [5.41, 5.74) is 0. The Balaban J connectivity index is 0. The fourth-order valence-corrected chi connectivity index (χ4v) is 0. The minimum atomic E-state index is 0. The molecule has 0 N–H and O–H groups in total. The average Bonchev–Trinajstić information content (AvgIpc) is 0. The van der Waals surface area contributed by atoms with Gasteiger partial charge in [0.15, 0.2) is 0 Å². The van der Waals surface area contributed by atoms with Gasteiger partial charge in [-0.2, -0.15) is 0 Å². The molecule has 0 aliphatic rings. The Kier molecular flexibility index (Phi) is 231. The normalized spacial score (nSPS) is 0. The van der Waals surface area contributed by atoms with Crippen LogP contribution in [0.2, 0.25) is 0 Å². The quantitative estimate of drug-likeness (QED) is 0.241. The third-order valence-corrected chi connectivity index (χ3v) is 0. The molecule has 17 radical (unpaired) electrons. The molecule has 21 valence electrons. The Morgan fingerprint density at radius 2 is 0.333 bits per heavy atom. The van der Waals surface area contributed by atoms with E-state index >= 15 is 0 Å². The molecular weight excluding hydrogens is 693 g/mol. The molecule has 0 atom stereocenters. The SMILES string of the molecule is [In].[In].[In].[In].[In].[SnH2]. The molecule has 0 aromatic heterocycles. The van der Waals surface area contributed by atoms with Gasteiger partial charge < -0.3 is 0 Å². The molecule has 0 nitrogen and oxygen atoms in total. The summed E-state index contributed by atoms with van der Waals surface area (Å²) < 4.78 is 0. The van der Waals surface area contributed by atoms with Crippen LogP contribution < -0.4 is 0 Å². The molecule has 0 aromatic carbocycles. The first-order valence-corrected chi connectivity index (χ1v) is 0. The van der Waals surface area contributed by atoms with Gasteiger partial charge in [0.1, 0.15) is 0 Å². The molecule has 0 saturated heterocycles. The fourth-order valence-electron chi connectivity index (χ4n) is 0. The molecule has 0 amide bonds. The maximum atomic E-state index is 0. The third-order valence-electron chi connectivity index (χ3n) is 0. The Morgan fingerprint density at radius 1 is 0.333 bits per heavy atom. The van der Waals surface area contributed by atoms with Crippen molar-refractivity contribution in [2.24, 2.45) is 0 Å². The molecule has 0 aromatic rings. The molecule has 0 heterocycles. The van der Waals surface area contributed by atoms with E-state index in [-0.39, 0.29) is 153 Å². The first-order valence-electron chi connectivity index (χ1n) is 0. The first-order chi connectivity index (χ1) is 0. The molecule has 6 heteroatoms. The van der Waals surface area contributed by atoms with E-state index in [0.717, 1.165) is 0 Å². The molecule has 0 fully saturated rings. The van der Waals surface area contributed by atoms with Crippen LogP contribution in [0.4, 0.5) is 0 Å². The molecule has 0 unspecified atom stereocenters. The summed E-state index contributed by atoms with van der Waals surface area (Å²) in [7, 11) is 0. The van der Waals surface area contributed by atoms with Crippen LogP contribution >= 0.6 is 0 Å². The van der Waals surface area contributed by atoms with Gasteiger partial charge in [-0.1, -0.05) is 0 Å². The maximum absolute atomic E-state index is 0. The molecule has 0 spiro atoms. The predicted molar refractivity (Wildman–Crippen MR) is 37.3 cm³/mol. The summed E-state index contributed by atoms with van der Waals surface area (Å²) in [4.78, 5) is 0. The summed E-state index contributed by atoms with van der Waals surface area (Å²) in [6.45, 7) is 0. The van der Waals surface area contributed by atoms with Crippen molar-refractivity contribution < 1.29 is 0 Å². The van der Waals surface area contributed by atoms with E-state index in [4.69, 9.17) is 0 Å². The monoisotopic (exact) mass is 696 g/mol. The van der Waals surface area contributed by atoms with E-state index in [1.54, 1.807) is 0 Å². The second-order valence-electron chi connectivity index (χ2n) is 0. The molecular formula is H2In5Sn. The van der Waals surface area contributed by atoms with E-state index in [1.165, 1.54) is 0 Å². The zero-order valence-electron chi connectivity index (χ0n) is 3.59. The van der Waals surface area contributed by atoms with Gasteiger partial charge in [0.05, 0.1) is 0 Å². The van der Waals surface area contributed by atoms with Crippen LogP contribution in [-0.4, -0.2) is 153 Å². The molecule has 0 aliphatic carbocycles. The van der Waals surface area contributed by atoms with Crippen molar-refractivity contribution in [2.75, 3.05) is 0 Å². The van der Waals surface area contributed by atoms with Crippen molar-refractivity contribution in [2.45, 2.75) is 0 Å². The van der Waals surface area contributed by atoms with Gasteiger partial charge in [-0.05, 0) is 0 Å². The fraction of sp³-hybridized carbons (Fsp3) is 0. The van der Waals surface area contributed by atoms with Crippen molar-refractivity contribution in [3.8, 4) is 0 Å². The van der Waals surface area contributed by atoms with Crippen molar-refractivity contribution in [1.82, 2.24) is 0 Å². The van der Waals surface area contributed by atoms with E-state index in [1.807, 2.05) is 0 Å². The summed E-state index contributed by atoms with van der Waals surface area (Å²) in [5.74, 6) is 0. The van der Waals surface area contributed by atoms with Crippen molar-refractivity contribution in [1.29, 1.82) is 0 Å². The van der Waals surface area contributed by atoms with E-state index < -0.39 is 0 Å². The molecule has 6 heavy (non-hydrogen) atoms. The Bertz CT molecular complexity index is 3.90. The number of hydrogen-bond acceptors (Lipinski definition) is 0. The van der Waals surface area contributed by atoms with Gasteiger partial charge >= 0.3 is 23.9 Å². The van der Waals surface area contributed by atoms with E-state index in [9.17, 15) is 0 Å². The van der Waals surface area contributed by atoms with Crippen LogP contribution in [0.5, 0.6) is 0 Å². The van der Waals surface area contributed by atoms with Gasteiger partial charge in [0, 0.05) is 129 Å². The summed E-state index contributed by atoms with van der Waals surface area (Å²) in [6, 6.07) is 0. The van der Waals surface area contributed by atoms with Crippen LogP contribution in [0.1, 0.15) is 0 Å². The van der Waals surface area contributed by atoms with Crippen LogP contribution in [0.25, 0.3) is 0 Å². The molecule has 0 saturated carbocycles. The third kappa shape index (κ3) is 22.9. The second-order valence-corrected chi connectivity index (χ2v) is 0. The van der Waals surface area contributed by atoms with Crippen LogP contribution in [0.3, 0.4) is 0 Å². The molecule has 0 rings (SSSR count). The van der Waals surface area contributed by atoms with E-state index in [2.05, 4.69) is 0 Å². The van der Waals surface area contributed by atoms with Gasteiger partial charge in [0.2, 0.25) is 0 Å². The first kappa shape index (κ1) is 43.3. The Labute approximate surface area is 149 Å². The zero-order chi connectivity index (χ0) is 0. The second kappa shape index (κ2) is 32.0. The van der Waals surface area contributed by atoms with Gasteiger partial charge in [-0.15, -0.1) is 0 Å². The van der Waals surface area contributed by atoms with Gasteiger partial charge in [0.25, 0.3) is 0 Å².